The van der Waals surface area contributed by atoms with Crippen LogP contribution < -0.4 is 14.7 Å². The van der Waals surface area contributed by atoms with Gasteiger partial charge in [0.15, 0.2) is 0 Å². The van der Waals surface area contributed by atoms with Gasteiger partial charge >= 0.3 is 0 Å². The Morgan fingerprint density at radius 3 is 2.50 bits per heavy atom. The monoisotopic (exact) mass is 650 g/mol. The summed E-state index contributed by atoms with van der Waals surface area (Å²) in [7, 11) is 4.01. The molecule has 3 aromatic carbocycles. The van der Waals surface area contributed by atoms with Gasteiger partial charge in [-0.2, -0.15) is 61.9 Å². The van der Waals surface area contributed by atoms with Crippen LogP contribution in [0.15, 0.2) is 95.8 Å². The summed E-state index contributed by atoms with van der Waals surface area (Å²) >= 11 is 0. The Balaban J connectivity index is 0.000000146. The molecule has 2 aromatic heterocycles. The molecule has 0 N–H and O–H groups in total. The van der Waals surface area contributed by atoms with Gasteiger partial charge in [0.05, 0.1) is 0 Å². The molecule has 0 saturated carbocycles. The third-order valence-corrected chi connectivity index (χ3v) is 5.96. The summed E-state index contributed by atoms with van der Waals surface area (Å²) in [5, 5.41) is 2.27. The van der Waals surface area contributed by atoms with Crippen molar-refractivity contribution in [3.8, 4) is 0 Å². The molecule has 0 saturated heterocycles. The maximum Gasteiger partial charge on any atom is 0.124 e. The van der Waals surface area contributed by atoms with Crippen LogP contribution >= 0.6 is 0 Å². The van der Waals surface area contributed by atoms with E-state index in [1.807, 2.05) is 121 Å². The normalized spacial score (nSPS) is 14.2. The largest absolute Gasteiger partial charge is 0.514 e. The van der Waals surface area contributed by atoms with Crippen molar-refractivity contribution in [2.75, 3.05) is 28.8 Å². The van der Waals surface area contributed by atoms with Gasteiger partial charge in [-0.25, -0.2) is 4.98 Å². The minimum Gasteiger partial charge on any atom is -0.514 e. The third-order valence-electron chi connectivity index (χ3n) is 5.96. The molecule has 2 aliphatic heterocycles. The number of furan rings is 1. The first kappa shape index (κ1) is 23.9. The molecule has 2 aliphatic rings. The Bertz CT molecular complexity index is 1520. The predicted octanol–water partition coefficient (Wildman–Crippen LogP) is 6.31. The molecule has 183 valence electrons. The number of nitrogens with zero attached hydrogens (tertiary/aromatic N) is 5. The van der Waals surface area contributed by atoms with E-state index in [1.165, 1.54) is 0 Å². The Morgan fingerprint density at radius 2 is 1.69 bits per heavy atom. The van der Waals surface area contributed by atoms with Crippen LogP contribution in [0.25, 0.3) is 21.9 Å². The summed E-state index contributed by atoms with van der Waals surface area (Å²) in [6, 6.07) is 30.4. The molecule has 0 bridgehead atoms. The Hall–Kier alpha value is -3.80. The average molecular weight is 650 g/mol. The maximum atomic E-state index is 5.99. The van der Waals surface area contributed by atoms with Crippen LogP contribution in [0.2, 0.25) is 0 Å². The molecule has 4 heterocycles. The molecule has 1 radical (unpaired) electrons. The van der Waals surface area contributed by atoms with E-state index < -0.39 is 0 Å². The molecule has 0 atom stereocenters. The second-order valence-corrected chi connectivity index (χ2v) is 8.34. The zero-order valence-electron chi connectivity index (χ0n) is 19.8. The molecule has 7 rings (SSSR count). The van der Waals surface area contributed by atoms with Gasteiger partial charge in [-0.1, -0.05) is 29.3 Å². The number of benzene rings is 3. The number of hydrogen-bond donors (Lipinski definition) is 0. The van der Waals surface area contributed by atoms with E-state index in [-0.39, 0.29) is 20.1 Å². The summed E-state index contributed by atoms with van der Waals surface area (Å²) in [6.45, 7) is 4.02. The van der Waals surface area contributed by atoms with Crippen molar-refractivity contribution < 1.29 is 24.5 Å². The molecular formula is C29H23IrN5O-4. The van der Waals surface area contributed by atoms with Crippen LogP contribution in [-0.4, -0.2) is 24.0 Å². The van der Waals surface area contributed by atoms with Crippen LogP contribution in [0, 0.1) is 25.5 Å². The van der Waals surface area contributed by atoms with Crippen molar-refractivity contribution in [3.63, 3.8) is 0 Å². The van der Waals surface area contributed by atoms with Crippen LogP contribution in [0.1, 0.15) is 0 Å². The fourth-order valence-corrected chi connectivity index (χ4v) is 4.30. The quantitative estimate of drug-likeness (QED) is 0.209. The molecule has 0 unspecified atom stereocenters. The van der Waals surface area contributed by atoms with Crippen molar-refractivity contribution >= 4 is 44.8 Å². The fourth-order valence-electron chi connectivity index (χ4n) is 4.30. The Morgan fingerprint density at radius 1 is 0.833 bits per heavy atom. The maximum absolute atomic E-state index is 5.99. The van der Waals surface area contributed by atoms with E-state index in [9.17, 15) is 0 Å². The van der Waals surface area contributed by atoms with E-state index in [4.69, 9.17) is 4.42 Å². The smallest absolute Gasteiger partial charge is 0.124 e. The summed E-state index contributed by atoms with van der Waals surface area (Å²) in [4.78, 5) is 12.5. The number of anilines is 4. The number of hydrogen-bond acceptors (Lipinski definition) is 6. The summed E-state index contributed by atoms with van der Waals surface area (Å²) < 4.78 is 5.99. The summed E-state index contributed by atoms with van der Waals surface area (Å²) in [5.41, 5.74) is 4.84. The number of pyridine rings is 1. The van der Waals surface area contributed by atoms with E-state index in [0.29, 0.717) is 0 Å². The first-order valence-electron chi connectivity index (χ1n) is 11.3. The van der Waals surface area contributed by atoms with Crippen molar-refractivity contribution in [1.82, 2.24) is 9.88 Å². The van der Waals surface area contributed by atoms with Crippen LogP contribution in [0.4, 0.5) is 22.9 Å². The van der Waals surface area contributed by atoms with Gasteiger partial charge < -0.3 is 24.0 Å². The van der Waals surface area contributed by atoms with Crippen molar-refractivity contribution in [2.45, 2.75) is 0 Å². The Kier molecular flexibility index (Phi) is 6.68. The van der Waals surface area contributed by atoms with Gasteiger partial charge in [0, 0.05) is 43.0 Å². The third kappa shape index (κ3) is 4.32. The van der Waals surface area contributed by atoms with E-state index >= 15 is 0 Å². The molecule has 0 fully saturated rings. The topological polar surface area (TPSA) is 39.0 Å². The first-order chi connectivity index (χ1) is 17.2. The van der Waals surface area contributed by atoms with Gasteiger partial charge in [0.1, 0.15) is 11.4 Å². The number of aromatic nitrogens is 1. The molecule has 0 amide bonds. The second-order valence-electron chi connectivity index (χ2n) is 8.34. The van der Waals surface area contributed by atoms with E-state index in [1.54, 1.807) is 0 Å². The van der Waals surface area contributed by atoms with Crippen molar-refractivity contribution in [2.24, 2.45) is 0 Å². The van der Waals surface area contributed by atoms with Crippen LogP contribution in [0.3, 0.4) is 0 Å². The van der Waals surface area contributed by atoms with Gasteiger partial charge in [-0.15, -0.1) is 5.69 Å². The predicted molar refractivity (Wildman–Crippen MR) is 141 cm³/mol. The van der Waals surface area contributed by atoms with Crippen LogP contribution in [-0.2, 0) is 20.1 Å². The Labute approximate surface area is 224 Å². The zero-order valence-corrected chi connectivity index (χ0v) is 22.2. The zero-order chi connectivity index (χ0) is 23.8. The minimum atomic E-state index is 0. The van der Waals surface area contributed by atoms with Gasteiger partial charge in [0.25, 0.3) is 0 Å². The SMILES string of the molecule is CN1C=CN(c2[c-]ccc3c2oc2ccccc23)[CH-]1.CN1[CH-]N(c2[c-]cccc2)c2ncccc21.[Ir]. The first-order valence-corrected chi connectivity index (χ1v) is 11.3. The number of fused-ring (bicyclic) bond motifs is 4. The number of rotatable bonds is 2. The molecule has 6 nitrogen and oxygen atoms in total. The van der Waals surface area contributed by atoms with E-state index in [0.717, 1.165) is 44.8 Å². The second kappa shape index (κ2) is 10.1. The minimum absolute atomic E-state index is 0. The van der Waals surface area contributed by atoms with Gasteiger partial charge in [-0.3, -0.25) is 0 Å². The number of para-hydroxylation sites is 2. The summed E-state index contributed by atoms with van der Waals surface area (Å²) in [6.07, 6.45) is 5.80. The summed E-state index contributed by atoms with van der Waals surface area (Å²) in [5.74, 6) is 0.951. The van der Waals surface area contributed by atoms with E-state index in [2.05, 4.69) is 34.1 Å². The molecule has 5 aromatic rings. The average Bonchev–Trinajstić information content (AvgIpc) is 3.60. The molecule has 0 aliphatic carbocycles. The van der Waals surface area contributed by atoms with Crippen molar-refractivity contribution in [1.29, 1.82) is 0 Å². The standard InChI is InChI=1S/C16H12N2O.C13H11N3.Ir/c1-17-9-10-18(11-17)14-7-4-6-13-12-5-2-3-8-15(12)19-16(13)14;1-15-10-16(11-6-3-2-4-7-11)13-12(15)8-5-9-14-13;/h2-6,8-11H,1H3;2-6,8-10H,1H3;/q2*-2;. The fraction of sp³-hybridized carbons (Fsp3) is 0.0690. The molecule has 0 spiro atoms. The molecule has 36 heavy (non-hydrogen) atoms. The van der Waals surface area contributed by atoms with Crippen molar-refractivity contribution in [3.05, 3.63) is 117 Å². The van der Waals surface area contributed by atoms with Gasteiger partial charge in [-0.05, 0) is 44.7 Å². The molecular weight excluding hydrogens is 627 g/mol. The van der Waals surface area contributed by atoms with Crippen LogP contribution in [0.5, 0.6) is 0 Å². The van der Waals surface area contributed by atoms with Gasteiger partial charge in [0.2, 0.25) is 0 Å². The molecule has 7 heteroatoms.